The molecule has 0 saturated heterocycles. The highest BCUT2D eigenvalue weighted by Crippen LogP contribution is 2.29. The number of benzene rings is 2. The molecule has 138 valence electrons. The lowest BCUT2D eigenvalue weighted by Gasteiger charge is -2.26. The molecule has 0 heterocycles. The van der Waals surface area contributed by atoms with Gasteiger partial charge >= 0.3 is 0 Å². The Morgan fingerprint density at radius 1 is 1.27 bits per heavy atom. The van der Waals surface area contributed by atoms with Crippen molar-refractivity contribution in [2.24, 2.45) is 0 Å². The molecule has 0 bridgehead atoms. The van der Waals surface area contributed by atoms with Gasteiger partial charge < -0.3 is 10.1 Å². The maximum absolute atomic E-state index is 12.5. The van der Waals surface area contributed by atoms with Gasteiger partial charge in [0.1, 0.15) is 5.75 Å². The molecule has 0 spiro atoms. The lowest BCUT2D eigenvalue weighted by Crippen LogP contribution is -2.32. The zero-order valence-corrected chi connectivity index (χ0v) is 16.4. The van der Waals surface area contributed by atoms with Crippen LogP contribution in [0.2, 0.25) is 0 Å². The number of hydrogen-bond acceptors (Lipinski definition) is 4. The molecule has 0 aromatic heterocycles. The number of carbonyl (C=O) groups is 1. The summed E-state index contributed by atoms with van der Waals surface area (Å²) in [6.07, 6.45) is 1.85. The van der Waals surface area contributed by atoms with Crippen molar-refractivity contribution in [3.05, 3.63) is 66.7 Å². The molecule has 1 amide bonds. The van der Waals surface area contributed by atoms with Crippen LogP contribution < -0.4 is 10.1 Å². The lowest BCUT2D eigenvalue weighted by molar-refractivity contribution is -0.117. The molecular weight excluding hydrogens is 344 g/mol. The Kier molecular flexibility index (Phi) is 7.75. The Labute approximate surface area is 160 Å². The normalized spacial score (nSPS) is 11.8. The second-order valence-electron chi connectivity index (χ2n) is 5.98. The van der Waals surface area contributed by atoms with E-state index in [4.69, 9.17) is 4.74 Å². The zero-order valence-electron chi connectivity index (χ0n) is 15.6. The Bertz CT molecular complexity index is 748. The number of hydrogen-bond donors (Lipinski definition) is 1. The molecule has 2 aromatic carbocycles. The SMILES string of the molecule is C=CCSc1ccccc1NC(=O)CN(C)[C@H](C)c1ccccc1OC. The van der Waals surface area contributed by atoms with Crippen LogP contribution >= 0.6 is 11.8 Å². The van der Waals surface area contributed by atoms with Gasteiger partial charge in [0.2, 0.25) is 5.91 Å². The van der Waals surface area contributed by atoms with Crippen LogP contribution in [-0.2, 0) is 4.79 Å². The summed E-state index contributed by atoms with van der Waals surface area (Å²) < 4.78 is 5.43. The average Bonchev–Trinajstić information content (AvgIpc) is 2.66. The number of likely N-dealkylation sites (N-methyl/N-ethyl adjacent to an activating group) is 1. The number of nitrogens with zero attached hydrogens (tertiary/aromatic N) is 1. The van der Waals surface area contributed by atoms with Crippen molar-refractivity contribution >= 4 is 23.4 Å². The van der Waals surface area contributed by atoms with Gasteiger partial charge in [-0.15, -0.1) is 18.3 Å². The molecule has 2 rings (SSSR count). The number of ether oxygens (including phenoxy) is 1. The van der Waals surface area contributed by atoms with E-state index in [2.05, 4.69) is 18.8 Å². The van der Waals surface area contributed by atoms with E-state index in [0.29, 0.717) is 6.54 Å². The van der Waals surface area contributed by atoms with E-state index < -0.39 is 0 Å². The quantitative estimate of drug-likeness (QED) is 0.517. The summed E-state index contributed by atoms with van der Waals surface area (Å²) in [5.41, 5.74) is 1.90. The van der Waals surface area contributed by atoms with E-state index in [-0.39, 0.29) is 11.9 Å². The first-order valence-corrected chi connectivity index (χ1v) is 9.51. The van der Waals surface area contributed by atoms with Crippen LogP contribution in [0.3, 0.4) is 0 Å². The number of nitrogens with one attached hydrogen (secondary N) is 1. The van der Waals surface area contributed by atoms with Gasteiger partial charge in [0.25, 0.3) is 0 Å². The molecule has 1 atom stereocenters. The Morgan fingerprint density at radius 2 is 1.96 bits per heavy atom. The summed E-state index contributed by atoms with van der Waals surface area (Å²) >= 11 is 1.65. The Morgan fingerprint density at radius 3 is 2.69 bits per heavy atom. The fourth-order valence-corrected chi connectivity index (χ4v) is 3.39. The van der Waals surface area contributed by atoms with E-state index in [0.717, 1.165) is 27.6 Å². The first-order valence-electron chi connectivity index (χ1n) is 8.52. The largest absolute Gasteiger partial charge is 0.496 e. The van der Waals surface area contributed by atoms with Crippen molar-refractivity contribution < 1.29 is 9.53 Å². The fourth-order valence-electron chi connectivity index (χ4n) is 2.65. The van der Waals surface area contributed by atoms with Crippen LogP contribution in [0.4, 0.5) is 5.69 Å². The molecule has 1 N–H and O–H groups in total. The van der Waals surface area contributed by atoms with Crippen molar-refractivity contribution in [1.29, 1.82) is 0 Å². The maximum atomic E-state index is 12.5. The Hall–Kier alpha value is -2.24. The molecule has 26 heavy (non-hydrogen) atoms. The van der Waals surface area contributed by atoms with E-state index in [1.807, 2.05) is 66.6 Å². The fraction of sp³-hybridized carbons (Fsp3) is 0.286. The zero-order chi connectivity index (χ0) is 18.9. The van der Waals surface area contributed by atoms with Crippen LogP contribution in [0.5, 0.6) is 5.75 Å². The number of para-hydroxylation sites is 2. The van der Waals surface area contributed by atoms with Gasteiger partial charge in [-0.3, -0.25) is 9.69 Å². The number of methoxy groups -OCH3 is 1. The van der Waals surface area contributed by atoms with E-state index >= 15 is 0 Å². The molecule has 5 heteroatoms. The smallest absolute Gasteiger partial charge is 0.238 e. The number of carbonyl (C=O) groups excluding carboxylic acids is 1. The number of thioether (sulfide) groups is 1. The number of amides is 1. The second-order valence-corrected chi connectivity index (χ2v) is 7.04. The predicted octanol–water partition coefficient (Wildman–Crippen LogP) is 4.60. The molecule has 0 aliphatic rings. The van der Waals surface area contributed by atoms with Gasteiger partial charge in [-0.25, -0.2) is 0 Å². The molecule has 0 saturated carbocycles. The van der Waals surface area contributed by atoms with Crippen molar-refractivity contribution in [2.75, 3.05) is 31.8 Å². The van der Waals surface area contributed by atoms with Crippen LogP contribution in [0.1, 0.15) is 18.5 Å². The maximum Gasteiger partial charge on any atom is 0.238 e. The van der Waals surface area contributed by atoms with Gasteiger partial charge in [0.15, 0.2) is 0 Å². The standard InChI is InChI=1S/C21H26N2O2S/c1-5-14-26-20-13-9-7-11-18(20)22-21(24)15-23(3)16(2)17-10-6-8-12-19(17)25-4/h5-13,16H,1,14-15H2,2-4H3,(H,22,24)/t16-/m1/s1. The first-order chi connectivity index (χ1) is 12.6. The molecule has 0 aliphatic carbocycles. The molecule has 0 aliphatic heterocycles. The van der Waals surface area contributed by atoms with Crippen LogP contribution in [-0.4, -0.2) is 37.3 Å². The van der Waals surface area contributed by atoms with Crippen LogP contribution in [0, 0.1) is 0 Å². The third kappa shape index (κ3) is 5.38. The highest BCUT2D eigenvalue weighted by Gasteiger charge is 2.18. The molecular formula is C21H26N2O2S. The first kappa shape index (κ1) is 20.1. The summed E-state index contributed by atoms with van der Waals surface area (Å²) in [6.45, 7) is 6.10. The minimum Gasteiger partial charge on any atom is -0.496 e. The van der Waals surface area contributed by atoms with E-state index in [1.165, 1.54) is 0 Å². The Balaban J connectivity index is 2.02. The number of anilines is 1. The van der Waals surface area contributed by atoms with Crippen LogP contribution in [0.25, 0.3) is 0 Å². The van der Waals surface area contributed by atoms with Crippen molar-refractivity contribution in [1.82, 2.24) is 4.90 Å². The summed E-state index contributed by atoms with van der Waals surface area (Å²) in [4.78, 5) is 15.6. The molecule has 0 fully saturated rings. The van der Waals surface area contributed by atoms with Crippen molar-refractivity contribution in [2.45, 2.75) is 17.9 Å². The van der Waals surface area contributed by atoms with Crippen LogP contribution in [0.15, 0.2) is 66.1 Å². The van der Waals surface area contributed by atoms with E-state index in [9.17, 15) is 4.79 Å². The average molecular weight is 371 g/mol. The van der Waals surface area contributed by atoms with E-state index in [1.54, 1.807) is 18.9 Å². The summed E-state index contributed by atoms with van der Waals surface area (Å²) in [6, 6.07) is 15.8. The highest BCUT2D eigenvalue weighted by atomic mass is 32.2. The molecule has 0 unspecified atom stereocenters. The van der Waals surface area contributed by atoms with Gasteiger partial charge in [0, 0.05) is 22.3 Å². The summed E-state index contributed by atoms with van der Waals surface area (Å²) in [5.74, 6) is 1.59. The monoisotopic (exact) mass is 370 g/mol. The predicted molar refractivity (Wildman–Crippen MR) is 110 cm³/mol. The second kappa shape index (κ2) is 10.0. The van der Waals surface area contributed by atoms with Gasteiger partial charge in [-0.2, -0.15) is 0 Å². The minimum absolute atomic E-state index is 0.0408. The minimum atomic E-state index is -0.0408. The molecule has 0 radical (unpaired) electrons. The van der Waals surface area contributed by atoms with Gasteiger partial charge in [-0.1, -0.05) is 36.4 Å². The van der Waals surface area contributed by atoms with Crippen molar-refractivity contribution in [3.63, 3.8) is 0 Å². The topological polar surface area (TPSA) is 41.6 Å². The van der Waals surface area contributed by atoms with Crippen molar-refractivity contribution in [3.8, 4) is 5.75 Å². The third-order valence-corrected chi connectivity index (χ3v) is 5.23. The molecule has 4 nitrogen and oxygen atoms in total. The number of rotatable bonds is 9. The van der Waals surface area contributed by atoms with Gasteiger partial charge in [-0.05, 0) is 32.2 Å². The third-order valence-electron chi connectivity index (χ3n) is 4.16. The van der Waals surface area contributed by atoms with Gasteiger partial charge in [0.05, 0.1) is 19.3 Å². The highest BCUT2D eigenvalue weighted by molar-refractivity contribution is 7.99. The summed E-state index contributed by atoms with van der Waals surface area (Å²) in [7, 11) is 3.60. The summed E-state index contributed by atoms with van der Waals surface area (Å²) in [5, 5.41) is 3.02. The molecule has 2 aromatic rings. The lowest BCUT2D eigenvalue weighted by atomic mass is 10.1.